The molecule has 2 aromatic rings. The van der Waals surface area contributed by atoms with Crippen molar-refractivity contribution in [2.24, 2.45) is 5.73 Å². The maximum Gasteiger partial charge on any atom is 0.415 e. The maximum absolute atomic E-state index is 12.7. The average Bonchev–Trinajstić information content (AvgIpc) is 2.91. The number of nitrogens with one attached hydrogen (secondary N) is 1. The minimum atomic E-state index is -4.85. The largest absolute Gasteiger partial charge is 0.444 e. The van der Waals surface area contributed by atoms with Crippen LogP contribution in [0.2, 0.25) is 0 Å². The number of aromatic nitrogens is 1. The van der Waals surface area contributed by atoms with E-state index in [1.807, 2.05) is 0 Å². The number of anilines is 1. The van der Waals surface area contributed by atoms with Crippen LogP contribution in [-0.2, 0) is 4.79 Å². The third-order valence-corrected chi connectivity index (χ3v) is 2.90. The zero-order valence-corrected chi connectivity index (χ0v) is 10.9. The van der Waals surface area contributed by atoms with E-state index < -0.39 is 17.6 Å². The summed E-state index contributed by atoms with van der Waals surface area (Å²) in [5, 5.41) is 2.15. The minimum absolute atomic E-state index is 0.176. The number of hydrogen-bond acceptors (Lipinski definition) is 4. The molecule has 1 atom stereocenters. The van der Waals surface area contributed by atoms with Gasteiger partial charge in [0.1, 0.15) is 0 Å². The second kappa shape index (κ2) is 5.21. The zero-order chi connectivity index (χ0) is 15.7. The van der Waals surface area contributed by atoms with Gasteiger partial charge in [0, 0.05) is 11.3 Å². The molecule has 1 heterocycles. The van der Waals surface area contributed by atoms with Crippen molar-refractivity contribution in [3.8, 4) is 11.3 Å². The van der Waals surface area contributed by atoms with Gasteiger partial charge in [0.25, 0.3) is 5.91 Å². The van der Waals surface area contributed by atoms with Crippen LogP contribution < -0.4 is 11.1 Å². The van der Waals surface area contributed by atoms with Crippen LogP contribution in [0.15, 0.2) is 41.3 Å². The number of oxazole rings is 1. The molecule has 1 aromatic heterocycles. The summed E-state index contributed by atoms with van der Waals surface area (Å²) in [5.41, 5.74) is 2.82. The molecule has 0 spiro atoms. The van der Waals surface area contributed by atoms with Crippen molar-refractivity contribution in [3.63, 3.8) is 0 Å². The SMILES string of the molecule is CC(N)(C(=O)Nc1cccc(-c2cnco2)c1)C(F)(F)F. The molecular weight excluding hydrogens is 287 g/mol. The Balaban J connectivity index is 2.21. The molecule has 0 saturated carbocycles. The van der Waals surface area contributed by atoms with Gasteiger partial charge >= 0.3 is 6.18 Å². The van der Waals surface area contributed by atoms with Gasteiger partial charge in [0.2, 0.25) is 0 Å². The Morgan fingerprint density at radius 3 is 2.67 bits per heavy atom. The Morgan fingerprint density at radius 2 is 2.10 bits per heavy atom. The van der Waals surface area contributed by atoms with Crippen molar-refractivity contribution in [2.45, 2.75) is 18.6 Å². The predicted molar refractivity (Wildman–Crippen MR) is 69.2 cm³/mol. The average molecular weight is 299 g/mol. The number of nitrogens with zero attached hydrogens (tertiary/aromatic N) is 1. The molecule has 1 aromatic carbocycles. The third kappa shape index (κ3) is 3.05. The first-order valence-corrected chi connectivity index (χ1v) is 5.88. The number of rotatable bonds is 3. The van der Waals surface area contributed by atoms with Gasteiger partial charge in [0.05, 0.1) is 6.20 Å². The highest BCUT2D eigenvalue weighted by molar-refractivity contribution is 5.98. The first kappa shape index (κ1) is 15.0. The molecule has 0 bridgehead atoms. The van der Waals surface area contributed by atoms with Gasteiger partial charge in [-0.1, -0.05) is 12.1 Å². The van der Waals surface area contributed by atoms with Gasteiger partial charge in [0.15, 0.2) is 17.7 Å². The topological polar surface area (TPSA) is 81.2 Å². The molecule has 2 rings (SSSR count). The summed E-state index contributed by atoms with van der Waals surface area (Å²) in [6.45, 7) is 0.614. The van der Waals surface area contributed by atoms with E-state index in [1.54, 1.807) is 12.1 Å². The van der Waals surface area contributed by atoms with Gasteiger partial charge in [-0.15, -0.1) is 0 Å². The Morgan fingerprint density at radius 1 is 1.38 bits per heavy atom. The first-order valence-electron chi connectivity index (χ1n) is 5.88. The van der Waals surface area contributed by atoms with Crippen LogP contribution in [0.3, 0.4) is 0 Å². The molecule has 112 valence electrons. The Kier molecular flexibility index (Phi) is 3.73. The Bertz CT molecular complexity index is 636. The van der Waals surface area contributed by atoms with Crippen LogP contribution in [0.4, 0.5) is 18.9 Å². The quantitative estimate of drug-likeness (QED) is 0.912. The van der Waals surface area contributed by atoms with E-state index in [2.05, 4.69) is 10.3 Å². The van der Waals surface area contributed by atoms with E-state index in [0.717, 1.165) is 0 Å². The highest BCUT2D eigenvalue weighted by Gasteiger charge is 2.53. The van der Waals surface area contributed by atoms with E-state index in [0.29, 0.717) is 18.2 Å². The van der Waals surface area contributed by atoms with E-state index >= 15 is 0 Å². The number of amides is 1. The van der Waals surface area contributed by atoms with Gasteiger partial charge in [-0.05, 0) is 19.1 Å². The third-order valence-electron chi connectivity index (χ3n) is 2.90. The molecule has 0 aliphatic carbocycles. The number of hydrogen-bond donors (Lipinski definition) is 2. The zero-order valence-electron chi connectivity index (χ0n) is 10.9. The van der Waals surface area contributed by atoms with Crippen LogP contribution in [0.1, 0.15) is 6.92 Å². The van der Waals surface area contributed by atoms with E-state index in [-0.39, 0.29) is 5.69 Å². The van der Waals surface area contributed by atoms with Crippen molar-refractivity contribution >= 4 is 11.6 Å². The summed E-state index contributed by atoms with van der Waals surface area (Å²) in [4.78, 5) is 15.4. The lowest BCUT2D eigenvalue weighted by molar-refractivity contribution is -0.184. The highest BCUT2D eigenvalue weighted by atomic mass is 19.4. The summed E-state index contributed by atoms with van der Waals surface area (Å²) in [5.74, 6) is -0.915. The lowest BCUT2D eigenvalue weighted by Gasteiger charge is -2.26. The fourth-order valence-electron chi connectivity index (χ4n) is 1.50. The monoisotopic (exact) mass is 299 g/mol. The van der Waals surface area contributed by atoms with Crippen molar-refractivity contribution in [2.75, 3.05) is 5.32 Å². The maximum atomic E-state index is 12.7. The number of alkyl halides is 3. The predicted octanol–water partition coefficient (Wildman–Crippen LogP) is 2.56. The molecule has 8 heteroatoms. The molecule has 0 saturated heterocycles. The summed E-state index contributed by atoms with van der Waals surface area (Å²) in [6, 6.07) is 6.14. The normalized spacial score (nSPS) is 14.5. The molecule has 1 unspecified atom stereocenters. The number of halogens is 3. The molecule has 0 aliphatic heterocycles. The van der Waals surface area contributed by atoms with Crippen molar-refractivity contribution in [1.82, 2.24) is 4.98 Å². The fraction of sp³-hybridized carbons (Fsp3) is 0.231. The molecule has 3 N–H and O–H groups in total. The van der Waals surface area contributed by atoms with Crippen LogP contribution in [0.5, 0.6) is 0 Å². The number of carbonyl (C=O) groups is 1. The summed E-state index contributed by atoms with van der Waals surface area (Å²) in [7, 11) is 0. The molecule has 1 amide bonds. The Labute approximate surface area is 118 Å². The van der Waals surface area contributed by atoms with Crippen LogP contribution in [0, 0.1) is 0 Å². The lowest BCUT2D eigenvalue weighted by Crippen LogP contribution is -2.59. The second-order valence-corrected chi connectivity index (χ2v) is 4.60. The number of benzene rings is 1. The molecule has 0 fully saturated rings. The number of nitrogens with two attached hydrogens (primary N) is 1. The van der Waals surface area contributed by atoms with Crippen molar-refractivity contribution < 1.29 is 22.4 Å². The van der Waals surface area contributed by atoms with Crippen molar-refractivity contribution in [3.05, 3.63) is 36.9 Å². The highest BCUT2D eigenvalue weighted by Crippen LogP contribution is 2.29. The Hall–Kier alpha value is -2.35. The summed E-state index contributed by atoms with van der Waals surface area (Å²) < 4.78 is 43.1. The molecule has 5 nitrogen and oxygen atoms in total. The van der Waals surface area contributed by atoms with E-state index in [4.69, 9.17) is 10.2 Å². The van der Waals surface area contributed by atoms with Gasteiger partial charge in [-0.25, -0.2) is 4.98 Å². The summed E-state index contributed by atoms with van der Waals surface area (Å²) in [6.07, 6.45) is -2.18. The first-order chi connectivity index (χ1) is 9.72. The van der Waals surface area contributed by atoms with E-state index in [1.165, 1.54) is 24.7 Å². The lowest BCUT2D eigenvalue weighted by atomic mass is 10.0. The molecular formula is C13H12F3N3O2. The summed E-state index contributed by atoms with van der Waals surface area (Å²) >= 11 is 0. The van der Waals surface area contributed by atoms with Crippen molar-refractivity contribution in [1.29, 1.82) is 0 Å². The number of carbonyl (C=O) groups excluding carboxylic acids is 1. The van der Waals surface area contributed by atoms with Gasteiger partial charge < -0.3 is 15.5 Å². The molecule has 0 radical (unpaired) electrons. The van der Waals surface area contributed by atoms with Crippen LogP contribution in [-0.4, -0.2) is 22.6 Å². The van der Waals surface area contributed by atoms with Gasteiger partial charge in [-0.3, -0.25) is 4.79 Å². The van der Waals surface area contributed by atoms with Crippen LogP contribution >= 0.6 is 0 Å². The standard InChI is InChI=1S/C13H12F3N3O2/c1-12(17,13(14,15)16)11(20)19-9-4-2-3-8(5-9)10-6-18-7-21-10/h2-7H,17H2,1H3,(H,19,20). The fourth-order valence-corrected chi connectivity index (χ4v) is 1.50. The molecule has 21 heavy (non-hydrogen) atoms. The van der Waals surface area contributed by atoms with E-state index in [9.17, 15) is 18.0 Å². The molecule has 0 aliphatic rings. The van der Waals surface area contributed by atoms with Gasteiger partial charge in [-0.2, -0.15) is 13.2 Å². The second-order valence-electron chi connectivity index (χ2n) is 4.60. The smallest absolute Gasteiger partial charge is 0.415 e. The minimum Gasteiger partial charge on any atom is -0.444 e. The van der Waals surface area contributed by atoms with Crippen LogP contribution in [0.25, 0.3) is 11.3 Å².